The molecule has 3 N–H and O–H groups in total. The Hall–Kier alpha value is -5.00. The Morgan fingerprint density at radius 3 is 2.38 bits per heavy atom. The van der Waals surface area contributed by atoms with E-state index in [2.05, 4.69) is 35.0 Å². The maximum absolute atomic E-state index is 14.0. The van der Waals surface area contributed by atoms with Crippen molar-refractivity contribution in [3.05, 3.63) is 125 Å². The Kier molecular flexibility index (Phi) is 10.2. The number of hydrogen-bond acceptors (Lipinski definition) is 6. The zero-order valence-corrected chi connectivity index (χ0v) is 28.8. The van der Waals surface area contributed by atoms with Crippen LogP contribution in [0.15, 0.2) is 104 Å². The molecule has 1 aliphatic rings. The molecule has 1 fully saturated rings. The molecule has 0 radical (unpaired) electrons. The first-order valence-electron chi connectivity index (χ1n) is 16.5. The summed E-state index contributed by atoms with van der Waals surface area (Å²) in [6.07, 6.45) is 5.13. The normalized spacial score (nSPS) is 13.8. The summed E-state index contributed by atoms with van der Waals surface area (Å²) in [5.74, 6) is -0.268. The van der Waals surface area contributed by atoms with Gasteiger partial charge in [0.05, 0.1) is 36.1 Å². The van der Waals surface area contributed by atoms with Crippen molar-refractivity contribution in [2.45, 2.75) is 6.54 Å². The molecule has 2 amide bonds. The van der Waals surface area contributed by atoms with E-state index in [0.29, 0.717) is 47.6 Å². The first-order chi connectivity index (χ1) is 24.4. The van der Waals surface area contributed by atoms with Crippen LogP contribution in [0.5, 0.6) is 0 Å². The maximum atomic E-state index is 14.0. The van der Waals surface area contributed by atoms with Crippen LogP contribution >= 0.6 is 23.2 Å². The van der Waals surface area contributed by atoms with Crippen LogP contribution in [0.2, 0.25) is 10.0 Å². The van der Waals surface area contributed by atoms with Crippen LogP contribution in [-0.4, -0.2) is 86.9 Å². The van der Waals surface area contributed by atoms with Crippen LogP contribution in [0.25, 0.3) is 33.4 Å². The Labute approximate surface area is 300 Å². The number of H-pyrrole nitrogens is 1. The Balaban J connectivity index is 1.08. The largest absolute Gasteiger partial charge is 0.350 e. The van der Waals surface area contributed by atoms with Gasteiger partial charge in [0, 0.05) is 84.1 Å². The first-order valence-corrected chi connectivity index (χ1v) is 17.3. The first kappa shape index (κ1) is 33.5. The van der Waals surface area contributed by atoms with E-state index in [1.54, 1.807) is 18.5 Å². The van der Waals surface area contributed by atoms with Gasteiger partial charge in [-0.15, -0.1) is 0 Å². The topological polar surface area (TPSA) is 111 Å². The highest BCUT2D eigenvalue weighted by atomic mass is 35.5. The third-order valence-electron chi connectivity index (χ3n) is 8.87. The third kappa shape index (κ3) is 7.74. The number of carbonyl (C=O) groups excluding carboxylic acids is 2. The number of imidazole rings is 1. The highest BCUT2D eigenvalue weighted by molar-refractivity contribution is 6.31. The lowest BCUT2D eigenvalue weighted by Gasteiger charge is -2.34. The van der Waals surface area contributed by atoms with Crippen molar-refractivity contribution < 1.29 is 9.59 Å². The summed E-state index contributed by atoms with van der Waals surface area (Å²) < 4.78 is 2.08. The molecular weight excluding hydrogens is 671 g/mol. The summed E-state index contributed by atoms with van der Waals surface area (Å²) in [6, 6.07) is 27.0. The standard InChI is InChI=1S/C38H36Cl2N8O2/c39-28-10-8-26(9-11-28)23-48-25-43-35(27-5-2-1-3-6-27)37(48)34-31-13-12-29(40)21-32(31)45-36(34)38(50)42-15-16-46-17-19-47(20-18-46)24-33(49)44-30-7-4-14-41-22-30/h1-14,21-22,25,45H,15-20,23-24H2,(H,42,50)(H,44,49). The predicted octanol–water partition coefficient (Wildman–Crippen LogP) is 6.43. The molecule has 0 saturated carbocycles. The highest BCUT2D eigenvalue weighted by Gasteiger charge is 2.26. The lowest BCUT2D eigenvalue weighted by molar-refractivity contribution is -0.117. The summed E-state index contributed by atoms with van der Waals surface area (Å²) in [5.41, 5.74) is 6.26. The van der Waals surface area contributed by atoms with Gasteiger partial charge in [0.25, 0.3) is 5.91 Å². The van der Waals surface area contributed by atoms with E-state index in [-0.39, 0.29) is 11.8 Å². The Morgan fingerprint density at radius 2 is 1.62 bits per heavy atom. The van der Waals surface area contributed by atoms with Crippen molar-refractivity contribution in [2.75, 3.05) is 51.1 Å². The average Bonchev–Trinajstić information content (AvgIpc) is 3.71. The molecule has 0 bridgehead atoms. The van der Waals surface area contributed by atoms with Gasteiger partial charge in [0.1, 0.15) is 5.69 Å². The van der Waals surface area contributed by atoms with Gasteiger partial charge < -0.3 is 20.2 Å². The molecule has 3 aromatic carbocycles. The summed E-state index contributed by atoms with van der Waals surface area (Å²) in [4.78, 5) is 43.3. The van der Waals surface area contributed by atoms with Crippen molar-refractivity contribution in [3.63, 3.8) is 0 Å². The van der Waals surface area contributed by atoms with Crippen molar-refractivity contribution in [1.82, 2.24) is 34.6 Å². The van der Waals surface area contributed by atoms with E-state index in [0.717, 1.165) is 65.2 Å². The number of aromatic nitrogens is 4. The van der Waals surface area contributed by atoms with Crippen LogP contribution in [0.3, 0.4) is 0 Å². The fourth-order valence-electron chi connectivity index (χ4n) is 6.37. The van der Waals surface area contributed by atoms with E-state index in [9.17, 15) is 9.59 Å². The third-order valence-corrected chi connectivity index (χ3v) is 9.35. The monoisotopic (exact) mass is 706 g/mol. The number of anilines is 1. The molecule has 4 heterocycles. The fourth-order valence-corrected chi connectivity index (χ4v) is 6.67. The SMILES string of the molecule is O=C(CN1CCN(CCNC(=O)c2[nH]c3cc(Cl)ccc3c2-c2c(-c3ccccc3)ncn2Cc2ccc(Cl)cc2)CC1)Nc1cccnc1. The molecule has 7 rings (SSSR count). The quantitative estimate of drug-likeness (QED) is 0.143. The molecule has 0 unspecified atom stereocenters. The average molecular weight is 708 g/mol. The lowest BCUT2D eigenvalue weighted by atomic mass is 10.0. The number of benzene rings is 3. The fraction of sp³-hybridized carbons (Fsp3) is 0.211. The minimum Gasteiger partial charge on any atom is -0.350 e. The number of amides is 2. The number of carbonyl (C=O) groups is 2. The van der Waals surface area contributed by atoms with Crippen LogP contribution < -0.4 is 10.6 Å². The molecule has 254 valence electrons. The van der Waals surface area contributed by atoms with Gasteiger partial charge in [-0.3, -0.25) is 24.4 Å². The number of rotatable bonds is 11. The molecule has 0 atom stereocenters. The summed E-state index contributed by atoms with van der Waals surface area (Å²) in [6.45, 7) is 5.14. The number of pyridine rings is 1. The second kappa shape index (κ2) is 15.3. The van der Waals surface area contributed by atoms with Crippen LogP contribution in [0, 0.1) is 0 Å². The molecular formula is C38H36Cl2N8O2. The molecule has 50 heavy (non-hydrogen) atoms. The van der Waals surface area contributed by atoms with Gasteiger partial charge in [-0.25, -0.2) is 4.98 Å². The van der Waals surface area contributed by atoms with Crippen molar-refractivity contribution in [3.8, 4) is 22.5 Å². The number of piperazine rings is 1. The Bertz CT molecular complexity index is 2090. The van der Waals surface area contributed by atoms with E-state index in [1.807, 2.05) is 85.2 Å². The van der Waals surface area contributed by atoms with Gasteiger partial charge in [0.15, 0.2) is 0 Å². The molecule has 0 aliphatic carbocycles. The van der Waals surface area contributed by atoms with E-state index >= 15 is 0 Å². The Morgan fingerprint density at radius 1 is 0.860 bits per heavy atom. The van der Waals surface area contributed by atoms with Gasteiger partial charge in [-0.2, -0.15) is 0 Å². The maximum Gasteiger partial charge on any atom is 0.268 e. The van der Waals surface area contributed by atoms with Gasteiger partial charge in [0.2, 0.25) is 5.91 Å². The highest BCUT2D eigenvalue weighted by Crippen LogP contribution is 2.39. The number of hydrogen-bond donors (Lipinski definition) is 3. The van der Waals surface area contributed by atoms with E-state index < -0.39 is 0 Å². The molecule has 1 saturated heterocycles. The summed E-state index contributed by atoms with van der Waals surface area (Å²) in [5, 5.41) is 8.17. The lowest BCUT2D eigenvalue weighted by Crippen LogP contribution is -2.50. The minimum atomic E-state index is -0.212. The zero-order chi connectivity index (χ0) is 34.5. The van der Waals surface area contributed by atoms with Crippen LogP contribution in [0.1, 0.15) is 16.1 Å². The van der Waals surface area contributed by atoms with Gasteiger partial charge in [-0.05, 0) is 42.0 Å². The zero-order valence-electron chi connectivity index (χ0n) is 27.3. The van der Waals surface area contributed by atoms with Gasteiger partial charge in [-0.1, -0.05) is 71.7 Å². The number of nitrogens with zero attached hydrogens (tertiary/aromatic N) is 5. The molecule has 0 spiro atoms. The molecule has 12 heteroatoms. The molecule has 3 aromatic heterocycles. The van der Waals surface area contributed by atoms with Crippen LogP contribution in [-0.2, 0) is 11.3 Å². The van der Waals surface area contributed by atoms with Crippen molar-refractivity contribution >= 4 is 51.6 Å². The van der Waals surface area contributed by atoms with Gasteiger partial charge >= 0.3 is 0 Å². The van der Waals surface area contributed by atoms with E-state index in [1.165, 1.54) is 0 Å². The molecule has 6 aromatic rings. The summed E-state index contributed by atoms with van der Waals surface area (Å²) in [7, 11) is 0. The number of aromatic amines is 1. The molecule has 10 nitrogen and oxygen atoms in total. The number of nitrogens with one attached hydrogen (secondary N) is 3. The number of fused-ring (bicyclic) bond motifs is 1. The van der Waals surface area contributed by atoms with E-state index in [4.69, 9.17) is 28.2 Å². The number of halogens is 2. The second-order valence-electron chi connectivity index (χ2n) is 12.3. The summed E-state index contributed by atoms with van der Waals surface area (Å²) >= 11 is 12.6. The predicted molar refractivity (Wildman–Crippen MR) is 199 cm³/mol. The minimum absolute atomic E-state index is 0.0564. The molecule has 1 aliphatic heterocycles. The second-order valence-corrected chi connectivity index (χ2v) is 13.2. The smallest absolute Gasteiger partial charge is 0.268 e. The van der Waals surface area contributed by atoms with Crippen molar-refractivity contribution in [1.29, 1.82) is 0 Å². The van der Waals surface area contributed by atoms with Crippen molar-refractivity contribution in [2.24, 2.45) is 0 Å². The van der Waals surface area contributed by atoms with Crippen LogP contribution in [0.4, 0.5) is 5.69 Å².